The van der Waals surface area contributed by atoms with Crippen molar-refractivity contribution in [3.05, 3.63) is 0 Å². The van der Waals surface area contributed by atoms with Crippen LogP contribution in [-0.4, -0.2) is 24.7 Å². The third-order valence-electron chi connectivity index (χ3n) is 3.20. The molecule has 0 fully saturated rings. The van der Waals surface area contributed by atoms with Crippen molar-refractivity contribution in [3.63, 3.8) is 0 Å². The highest BCUT2D eigenvalue weighted by Crippen LogP contribution is 2.29. The Morgan fingerprint density at radius 1 is 1.12 bits per heavy atom. The maximum Gasteiger partial charge on any atom is 0.129 e. The minimum atomic E-state index is 0.0515. The minimum Gasteiger partial charge on any atom is -0.316 e. The summed E-state index contributed by atoms with van der Waals surface area (Å²) in [4.78, 5) is 22.0. The Kier molecular flexibility index (Phi) is 6.49. The molecule has 0 rings (SSSR count). The zero-order valence-electron chi connectivity index (χ0n) is 11.2. The fraction of sp³-hybridized carbons (Fsp3) is 0.846. The van der Waals surface area contributed by atoms with Crippen LogP contribution in [0.5, 0.6) is 0 Å². The Morgan fingerprint density at radius 2 is 1.62 bits per heavy atom. The molecule has 0 aliphatic carbocycles. The molecule has 1 unspecified atom stereocenters. The second-order valence-electron chi connectivity index (χ2n) is 5.27. The summed E-state index contributed by atoms with van der Waals surface area (Å²) >= 11 is 0. The van der Waals surface area contributed by atoms with Crippen LogP contribution in [0.3, 0.4) is 0 Å². The van der Waals surface area contributed by atoms with E-state index in [-0.39, 0.29) is 23.0 Å². The summed E-state index contributed by atoms with van der Waals surface area (Å²) in [5.41, 5.74) is 0.0515. The predicted molar refractivity (Wildman–Crippen MR) is 66.5 cm³/mol. The molecule has 0 amide bonds. The second kappa shape index (κ2) is 6.79. The van der Waals surface area contributed by atoms with Crippen LogP contribution in [0.2, 0.25) is 0 Å². The molecule has 0 saturated heterocycles. The van der Waals surface area contributed by atoms with E-state index in [1.807, 2.05) is 7.05 Å². The monoisotopic (exact) mass is 227 g/mol. The minimum absolute atomic E-state index is 0.0515. The van der Waals surface area contributed by atoms with Gasteiger partial charge in [-0.25, -0.2) is 0 Å². The number of rotatable bonds is 8. The first-order valence-corrected chi connectivity index (χ1v) is 5.95. The lowest BCUT2D eigenvalue weighted by Gasteiger charge is -2.34. The zero-order chi connectivity index (χ0) is 12.8. The quantitative estimate of drug-likeness (QED) is 0.692. The molecule has 0 bridgehead atoms. The standard InChI is InChI=1S/C13H25NO2/c1-10(15)6-7-12(14-5)13(3,4)9-8-11(2)16/h12,14H,6-9H2,1-5H3. The third-order valence-corrected chi connectivity index (χ3v) is 3.20. The SMILES string of the molecule is CNC(CCC(C)=O)C(C)(C)CCC(C)=O. The van der Waals surface area contributed by atoms with Gasteiger partial charge in [0.25, 0.3) is 0 Å². The Labute approximate surface area is 99.0 Å². The lowest BCUT2D eigenvalue weighted by molar-refractivity contribution is -0.118. The molecule has 0 aliphatic heterocycles. The largest absolute Gasteiger partial charge is 0.316 e. The predicted octanol–water partition coefficient (Wildman–Crippen LogP) is 2.34. The number of carbonyl (C=O) groups is 2. The topological polar surface area (TPSA) is 46.2 Å². The van der Waals surface area contributed by atoms with E-state index in [9.17, 15) is 9.59 Å². The molecule has 94 valence electrons. The van der Waals surface area contributed by atoms with Crippen LogP contribution >= 0.6 is 0 Å². The third kappa shape index (κ3) is 6.01. The van der Waals surface area contributed by atoms with E-state index in [0.29, 0.717) is 12.8 Å². The number of Topliss-reactive ketones (excluding diaryl/α,β-unsaturated/α-hetero) is 2. The molecular weight excluding hydrogens is 202 g/mol. The van der Waals surface area contributed by atoms with E-state index >= 15 is 0 Å². The maximum atomic E-state index is 11.0. The van der Waals surface area contributed by atoms with Crippen LogP contribution in [0, 0.1) is 5.41 Å². The van der Waals surface area contributed by atoms with Gasteiger partial charge in [-0.2, -0.15) is 0 Å². The number of ketones is 2. The van der Waals surface area contributed by atoms with Crippen LogP contribution in [0.25, 0.3) is 0 Å². The molecule has 1 atom stereocenters. The highest BCUT2D eigenvalue weighted by atomic mass is 16.1. The Morgan fingerprint density at radius 3 is 2.00 bits per heavy atom. The Hall–Kier alpha value is -0.700. The van der Waals surface area contributed by atoms with Gasteiger partial charge in [0.05, 0.1) is 0 Å². The Bertz CT molecular complexity index is 246. The van der Waals surface area contributed by atoms with Crippen LogP contribution in [0.1, 0.15) is 53.4 Å². The summed E-state index contributed by atoms with van der Waals surface area (Å²) in [6, 6.07) is 0.288. The van der Waals surface area contributed by atoms with Gasteiger partial charge in [-0.15, -0.1) is 0 Å². The van der Waals surface area contributed by atoms with E-state index < -0.39 is 0 Å². The molecule has 0 aromatic carbocycles. The average Bonchev–Trinajstić information content (AvgIpc) is 2.15. The molecule has 0 aromatic heterocycles. The van der Waals surface area contributed by atoms with Crippen LogP contribution in [0.15, 0.2) is 0 Å². The van der Waals surface area contributed by atoms with Gasteiger partial charge in [0.15, 0.2) is 0 Å². The molecule has 0 radical (unpaired) electrons. The fourth-order valence-electron chi connectivity index (χ4n) is 1.95. The van der Waals surface area contributed by atoms with Gasteiger partial charge in [-0.1, -0.05) is 13.8 Å². The van der Waals surface area contributed by atoms with Crippen molar-refractivity contribution < 1.29 is 9.59 Å². The first-order chi connectivity index (χ1) is 7.29. The molecule has 0 aromatic rings. The van der Waals surface area contributed by atoms with Crippen molar-refractivity contribution in [1.29, 1.82) is 0 Å². The number of nitrogens with one attached hydrogen (secondary N) is 1. The molecule has 1 N–H and O–H groups in total. The molecule has 0 aliphatic rings. The van der Waals surface area contributed by atoms with Crippen molar-refractivity contribution in [2.75, 3.05) is 7.05 Å². The second-order valence-corrected chi connectivity index (χ2v) is 5.27. The lowest BCUT2D eigenvalue weighted by Crippen LogP contribution is -2.40. The van der Waals surface area contributed by atoms with Crippen molar-refractivity contribution in [1.82, 2.24) is 5.32 Å². The molecule has 0 saturated carbocycles. The van der Waals surface area contributed by atoms with Crippen molar-refractivity contribution in [2.24, 2.45) is 5.41 Å². The lowest BCUT2D eigenvalue weighted by atomic mass is 9.77. The van der Waals surface area contributed by atoms with Crippen molar-refractivity contribution in [3.8, 4) is 0 Å². The van der Waals surface area contributed by atoms with Gasteiger partial charge < -0.3 is 14.9 Å². The van der Waals surface area contributed by atoms with E-state index in [1.165, 1.54) is 0 Å². The fourth-order valence-corrected chi connectivity index (χ4v) is 1.95. The summed E-state index contributed by atoms with van der Waals surface area (Å²) in [6.45, 7) is 7.55. The highest BCUT2D eigenvalue weighted by molar-refractivity contribution is 5.75. The van der Waals surface area contributed by atoms with Gasteiger partial charge >= 0.3 is 0 Å². The summed E-state index contributed by atoms with van der Waals surface area (Å²) in [5, 5.41) is 3.26. The van der Waals surface area contributed by atoms with Crippen LogP contribution in [-0.2, 0) is 9.59 Å². The van der Waals surface area contributed by atoms with E-state index in [1.54, 1.807) is 13.8 Å². The molecule has 0 heterocycles. The molecule has 3 heteroatoms. The first kappa shape index (κ1) is 15.3. The van der Waals surface area contributed by atoms with E-state index in [0.717, 1.165) is 12.8 Å². The van der Waals surface area contributed by atoms with E-state index in [2.05, 4.69) is 19.2 Å². The molecule has 3 nitrogen and oxygen atoms in total. The first-order valence-electron chi connectivity index (χ1n) is 5.95. The van der Waals surface area contributed by atoms with Crippen molar-refractivity contribution in [2.45, 2.75) is 59.4 Å². The Balaban J connectivity index is 4.29. The maximum absolute atomic E-state index is 11.0. The highest BCUT2D eigenvalue weighted by Gasteiger charge is 2.28. The van der Waals surface area contributed by atoms with Crippen LogP contribution < -0.4 is 5.32 Å². The van der Waals surface area contributed by atoms with Crippen LogP contribution in [0.4, 0.5) is 0 Å². The molecular formula is C13H25NO2. The molecule has 0 spiro atoms. The van der Waals surface area contributed by atoms with Gasteiger partial charge in [-0.05, 0) is 39.2 Å². The summed E-state index contributed by atoms with van der Waals surface area (Å²) in [7, 11) is 1.92. The molecule has 16 heavy (non-hydrogen) atoms. The van der Waals surface area contributed by atoms with E-state index in [4.69, 9.17) is 0 Å². The van der Waals surface area contributed by atoms with Gasteiger partial charge in [0, 0.05) is 18.9 Å². The number of hydrogen-bond donors (Lipinski definition) is 1. The van der Waals surface area contributed by atoms with Gasteiger partial charge in [0.2, 0.25) is 0 Å². The number of hydrogen-bond acceptors (Lipinski definition) is 3. The van der Waals surface area contributed by atoms with Gasteiger partial charge in [0.1, 0.15) is 11.6 Å². The smallest absolute Gasteiger partial charge is 0.129 e. The summed E-state index contributed by atoms with van der Waals surface area (Å²) in [6.07, 6.45) is 2.93. The normalized spacial score (nSPS) is 13.6. The zero-order valence-corrected chi connectivity index (χ0v) is 11.2. The number of carbonyl (C=O) groups excluding carboxylic acids is 2. The summed E-state index contributed by atoms with van der Waals surface area (Å²) < 4.78 is 0. The van der Waals surface area contributed by atoms with Crippen molar-refractivity contribution >= 4 is 11.6 Å². The van der Waals surface area contributed by atoms with Gasteiger partial charge in [-0.3, -0.25) is 0 Å². The average molecular weight is 227 g/mol. The summed E-state index contributed by atoms with van der Waals surface area (Å²) in [5.74, 6) is 0.456.